The summed E-state index contributed by atoms with van der Waals surface area (Å²) < 4.78 is 0. The number of hydrogen-bond acceptors (Lipinski definition) is 2. The second-order valence-corrected chi connectivity index (χ2v) is 2.96. The normalized spacial score (nSPS) is 15.3. The van der Waals surface area contributed by atoms with Crippen LogP contribution in [0.15, 0.2) is 12.3 Å². The van der Waals surface area contributed by atoms with E-state index in [2.05, 4.69) is 11.9 Å². The van der Waals surface area contributed by atoms with Gasteiger partial charge in [-0.1, -0.05) is 20.4 Å². The van der Waals surface area contributed by atoms with Gasteiger partial charge in [0.15, 0.2) is 0 Å². The molecular formula is C9H17NO. The fourth-order valence-electron chi connectivity index (χ4n) is 0.882. The van der Waals surface area contributed by atoms with Gasteiger partial charge in [-0.05, 0) is 6.92 Å². The van der Waals surface area contributed by atoms with Gasteiger partial charge in [-0.2, -0.15) is 0 Å². The van der Waals surface area contributed by atoms with Crippen molar-refractivity contribution in [1.29, 1.82) is 0 Å². The van der Waals surface area contributed by atoms with Gasteiger partial charge in [0, 0.05) is 24.6 Å². The lowest BCUT2D eigenvalue weighted by Crippen LogP contribution is -2.23. The molecule has 0 aliphatic heterocycles. The van der Waals surface area contributed by atoms with Crippen LogP contribution in [0.3, 0.4) is 0 Å². The summed E-state index contributed by atoms with van der Waals surface area (Å²) in [4.78, 5) is 10.9. The first kappa shape index (κ1) is 10.2. The van der Waals surface area contributed by atoms with Crippen LogP contribution in [0.25, 0.3) is 0 Å². The van der Waals surface area contributed by atoms with Crippen molar-refractivity contribution in [2.75, 3.05) is 7.05 Å². The first-order valence-electron chi connectivity index (χ1n) is 3.87. The molecular weight excluding hydrogens is 138 g/mol. The quantitative estimate of drug-likeness (QED) is 0.668. The Morgan fingerprint density at radius 2 is 1.82 bits per heavy atom. The summed E-state index contributed by atoms with van der Waals surface area (Å²) in [5, 5.41) is 2.95. The minimum absolute atomic E-state index is 0.0648. The molecule has 64 valence electrons. The minimum atomic E-state index is 0.0648. The molecule has 2 heteroatoms. The van der Waals surface area contributed by atoms with Crippen LogP contribution in [0.2, 0.25) is 0 Å². The van der Waals surface area contributed by atoms with E-state index < -0.39 is 0 Å². The van der Waals surface area contributed by atoms with Gasteiger partial charge in [-0.25, -0.2) is 0 Å². The Kier molecular flexibility index (Phi) is 3.86. The zero-order valence-electron chi connectivity index (χ0n) is 7.77. The van der Waals surface area contributed by atoms with E-state index in [0.717, 1.165) is 5.70 Å². The van der Waals surface area contributed by atoms with Crippen molar-refractivity contribution >= 4 is 5.78 Å². The van der Waals surface area contributed by atoms with E-state index in [0.29, 0.717) is 0 Å². The summed E-state index contributed by atoms with van der Waals surface area (Å²) in [6.45, 7) is 9.36. The molecule has 0 spiro atoms. The Bertz CT molecular complexity index is 163. The molecule has 0 amide bonds. The highest BCUT2D eigenvalue weighted by Crippen LogP contribution is 2.17. The largest absolute Gasteiger partial charge is 0.392 e. The Morgan fingerprint density at radius 1 is 1.36 bits per heavy atom. The van der Waals surface area contributed by atoms with Crippen molar-refractivity contribution in [2.45, 2.75) is 20.8 Å². The zero-order chi connectivity index (χ0) is 9.02. The predicted octanol–water partition coefficient (Wildman–Crippen LogP) is 1.58. The molecule has 0 bridgehead atoms. The summed E-state index contributed by atoms with van der Waals surface area (Å²) in [5.41, 5.74) is 0.924. The number of Topliss-reactive ketones (excluding diaryl/α,β-unsaturated/α-hetero) is 1. The molecule has 0 rings (SSSR count). The second kappa shape index (κ2) is 4.16. The van der Waals surface area contributed by atoms with Gasteiger partial charge in [-0.15, -0.1) is 0 Å². The third kappa shape index (κ3) is 2.74. The van der Waals surface area contributed by atoms with Crippen molar-refractivity contribution in [3.05, 3.63) is 12.3 Å². The number of rotatable bonds is 4. The van der Waals surface area contributed by atoms with Gasteiger partial charge in [0.25, 0.3) is 0 Å². The Labute approximate surface area is 68.7 Å². The van der Waals surface area contributed by atoms with Crippen molar-refractivity contribution in [3.63, 3.8) is 0 Å². The number of hydrogen-bond donors (Lipinski definition) is 1. The molecule has 2 atom stereocenters. The van der Waals surface area contributed by atoms with E-state index in [-0.39, 0.29) is 17.6 Å². The Morgan fingerprint density at radius 3 is 2.09 bits per heavy atom. The molecule has 0 aromatic heterocycles. The predicted molar refractivity (Wildman–Crippen MR) is 47.2 cm³/mol. The van der Waals surface area contributed by atoms with Gasteiger partial charge in [-0.3, -0.25) is 4.79 Å². The molecule has 1 N–H and O–H groups in total. The smallest absolute Gasteiger partial charge is 0.133 e. The molecule has 2 nitrogen and oxygen atoms in total. The van der Waals surface area contributed by atoms with Crippen LogP contribution in [0.4, 0.5) is 0 Å². The van der Waals surface area contributed by atoms with E-state index in [1.807, 2.05) is 20.9 Å². The summed E-state index contributed by atoms with van der Waals surface area (Å²) in [7, 11) is 1.83. The maximum absolute atomic E-state index is 10.9. The van der Waals surface area contributed by atoms with Crippen LogP contribution in [0.5, 0.6) is 0 Å². The van der Waals surface area contributed by atoms with E-state index in [9.17, 15) is 4.79 Å². The van der Waals surface area contributed by atoms with E-state index in [1.54, 1.807) is 6.92 Å². The topological polar surface area (TPSA) is 29.1 Å². The molecule has 0 radical (unpaired) electrons. The third-order valence-electron chi connectivity index (χ3n) is 2.26. The molecule has 0 aromatic carbocycles. The molecule has 2 unspecified atom stereocenters. The lowest BCUT2D eigenvalue weighted by atomic mass is 9.90. The molecule has 0 aromatic rings. The summed E-state index contributed by atoms with van der Waals surface area (Å²) in [6.07, 6.45) is 0. The van der Waals surface area contributed by atoms with Crippen molar-refractivity contribution in [2.24, 2.45) is 11.8 Å². The Balaban J connectivity index is 4.12. The van der Waals surface area contributed by atoms with Crippen LogP contribution in [0, 0.1) is 11.8 Å². The number of allylic oxidation sites excluding steroid dienone is 1. The molecule has 0 saturated carbocycles. The Hall–Kier alpha value is -0.790. The number of carbonyl (C=O) groups is 1. The van der Waals surface area contributed by atoms with Gasteiger partial charge >= 0.3 is 0 Å². The van der Waals surface area contributed by atoms with Gasteiger partial charge < -0.3 is 5.32 Å². The average molecular weight is 155 g/mol. The highest BCUT2D eigenvalue weighted by atomic mass is 16.1. The number of ketones is 1. The fourth-order valence-corrected chi connectivity index (χ4v) is 0.882. The highest BCUT2D eigenvalue weighted by molar-refractivity contribution is 5.78. The molecule has 0 fully saturated rings. The first-order valence-corrected chi connectivity index (χ1v) is 3.87. The highest BCUT2D eigenvalue weighted by Gasteiger charge is 2.17. The van der Waals surface area contributed by atoms with Crippen LogP contribution in [-0.2, 0) is 4.79 Å². The maximum Gasteiger partial charge on any atom is 0.133 e. The summed E-state index contributed by atoms with van der Waals surface area (Å²) in [6, 6.07) is 0. The van der Waals surface area contributed by atoms with Gasteiger partial charge in [0.1, 0.15) is 5.78 Å². The van der Waals surface area contributed by atoms with Crippen LogP contribution >= 0.6 is 0 Å². The van der Waals surface area contributed by atoms with Gasteiger partial charge in [0.2, 0.25) is 0 Å². The third-order valence-corrected chi connectivity index (χ3v) is 2.26. The van der Waals surface area contributed by atoms with E-state index >= 15 is 0 Å². The number of carbonyl (C=O) groups excluding carboxylic acids is 1. The van der Waals surface area contributed by atoms with Crippen LogP contribution < -0.4 is 5.32 Å². The zero-order valence-corrected chi connectivity index (χ0v) is 7.77. The average Bonchev–Trinajstić information content (AvgIpc) is 2.00. The lowest BCUT2D eigenvalue weighted by molar-refractivity contribution is -0.121. The van der Waals surface area contributed by atoms with Crippen molar-refractivity contribution < 1.29 is 4.79 Å². The number of nitrogens with one attached hydrogen (secondary N) is 1. The fraction of sp³-hybridized carbons (Fsp3) is 0.667. The standard InChI is InChI=1S/C9H17NO/c1-6(8(3)10-5)7(2)9(4)11/h6-7,10H,3H2,1-2,4-5H3. The molecule has 11 heavy (non-hydrogen) atoms. The molecule has 0 saturated heterocycles. The molecule has 0 heterocycles. The van der Waals surface area contributed by atoms with Crippen LogP contribution in [-0.4, -0.2) is 12.8 Å². The van der Waals surface area contributed by atoms with Crippen molar-refractivity contribution in [3.8, 4) is 0 Å². The lowest BCUT2D eigenvalue weighted by Gasteiger charge is -2.19. The SMILES string of the molecule is C=C(NC)C(C)C(C)C(C)=O. The van der Waals surface area contributed by atoms with Crippen LogP contribution in [0.1, 0.15) is 20.8 Å². The second-order valence-electron chi connectivity index (χ2n) is 2.96. The molecule has 0 aliphatic carbocycles. The van der Waals surface area contributed by atoms with E-state index in [1.165, 1.54) is 0 Å². The van der Waals surface area contributed by atoms with Gasteiger partial charge in [0.05, 0.1) is 0 Å². The van der Waals surface area contributed by atoms with Crippen molar-refractivity contribution in [1.82, 2.24) is 5.32 Å². The molecule has 0 aliphatic rings. The van der Waals surface area contributed by atoms with E-state index in [4.69, 9.17) is 0 Å². The minimum Gasteiger partial charge on any atom is -0.392 e. The summed E-state index contributed by atoms with van der Waals surface area (Å²) >= 11 is 0. The maximum atomic E-state index is 10.9. The first-order chi connectivity index (χ1) is 5.00. The summed E-state index contributed by atoms with van der Waals surface area (Å²) in [5.74, 6) is 0.501. The monoisotopic (exact) mass is 155 g/mol.